The number of carbonyl (C=O) groups excluding carboxylic acids is 1. The van der Waals surface area contributed by atoms with Crippen molar-refractivity contribution < 1.29 is 4.79 Å². The monoisotopic (exact) mass is 355 g/mol. The van der Waals surface area contributed by atoms with E-state index in [1.165, 1.54) is 11.3 Å². The van der Waals surface area contributed by atoms with Crippen LogP contribution in [0.4, 0.5) is 0 Å². The van der Waals surface area contributed by atoms with E-state index in [4.69, 9.17) is 0 Å². The van der Waals surface area contributed by atoms with E-state index in [0.29, 0.717) is 18.7 Å². The standard InChI is InChI=1S/C16H13N5OS2/c22-14(13-9-21-7-8-23-16(21)20-13)18-6-3-12-10-24-15(19-12)11-1-4-17-5-2-11/h1-2,4-5,7-10H,3,6H2,(H,18,22). The number of hydrogen-bond donors (Lipinski definition) is 1. The Morgan fingerprint density at radius 1 is 1.21 bits per heavy atom. The van der Waals surface area contributed by atoms with Gasteiger partial charge in [-0.2, -0.15) is 0 Å². The van der Waals surface area contributed by atoms with Crippen molar-refractivity contribution in [1.29, 1.82) is 0 Å². The van der Waals surface area contributed by atoms with Crippen molar-refractivity contribution in [3.05, 3.63) is 59.1 Å². The molecule has 1 amide bonds. The van der Waals surface area contributed by atoms with Gasteiger partial charge in [-0.3, -0.25) is 14.2 Å². The van der Waals surface area contributed by atoms with Crippen LogP contribution in [0, 0.1) is 0 Å². The number of hydrogen-bond acceptors (Lipinski definition) is 6. The van der Waals surface area contributed by atoms with Crippen molar-refractivity contribution in [2.24, 2.45) is 0 Å². The summed E-state index contributed by atoms with van der Waals surface area (Å²) < 4.78 is 1.85. The van der Waals surface area contributed by atoms with Gasteiger partial charge in [0.1, 0.15) is 10.7 Å². The van der Waals surface area contributed by atoms with E-state index in [1.807, 2.05) is 33.5 Å². The molecule has 0 saturated carbocycles. The average Bonchev–Trinajstić information content (AvgIpc) is 3.31. The summed E-state index contributed by atoms with van der Waals surface area (Å²) in [4.78, 5) is 25.8. The van der Waals surface area contributed by atoms with Crippen LogP contribution in [0.2, 0.25) is 0 Å². The van der Waals surface area contributed by atoms with Gasteiger partial charge in [0.05, 0.1) is 5.69 Å². The first-order chi connectivity index (χ1) is 11.8. The lowest BCUT2D eigenvalue weighted by atomic mass is 10.3. The summed E-state index contributed by atoms with van der Waals surface area (Å²) in [5.41, 5.74) is 2.47. The second-order valence-corrected chi connectivity index (χ2v) is 6.84. The number of rotatable bonds is 5. The lowest BCUT2D eigenvalue weighted by Crippen LogP contribution is -2.26. The molecule has 24 heavy (non-hydrogen) atoms. The van der Waals surface area contributed by atoms with Crippen LogP contribution >= 0.6 is 22.7 Å². The predicted molar refractivity (Wildman–Crippen MR) is 94.5 cm³/mol. The van der Waals surface area contributed by atoms with E-state index < -0.39 is 0 Å². The average molecular weight is 355 g/mol. The van der Waals surface area contributed by atoms with Gasteiger partial charge in [-0.25, -0.2) is 9.97 Å². The molecule has 4 aromatic heterocycles. The van der Waals surface area contributed by atoms with Crippen LogP contribution in [0.5, 0.6) is 0 Å². The first-order valence-electron chi connectivity index (χ1n) is 7.35. The van der Waals surface area contributed by atoms with Gasteiger partial charge in [-0.05, 0) is 12.1 Å². The number of thiazole rings is 2. The minimum atomic E-state index is -0.157. The van der Waals surface area contributed by atoms with Crippen LogP contribution in [-0.2, 0) is 6.42 Å². The number of carbonyl (C=O) groups is 1. The third-order valence-electron chi connectivity index (χ3n) is 3.47. The fourth-order valence-corrected chi connectivity index (χ4v) is 3.84. The van der Waals surface area contributed by atoms with E-state index in [2.05, 4.69) is 20.3 Å². The van der Waals surface area contributed by atoms with Crippen molar-refractivity contribution in [2.75, 3.05) is 6.54 Å². The van der Waals surface area contributed by atoms with Crippen LogP contribution in [-0.4, -0.2) is 31.8 Å². The molecule has 8 heteroatoms. The maximum Gasteiger partial charge on any atom is 0.271 e. The van der Waals surface area contributed by atoms with Gasteiger partial charge in [-0.15, -0.1) is 22.7 Å². The Hall–Kier alpha value is -2.58. The highest BCUT2D eigenvalue weighted by atomic mass is 32.1. The molecule has 0 spiro atoms. The molecule has 0 aromatic carbocycles. The summed E-state index contributed by atoms with van der Waals surface area (Å²) in [7, 11) is 0. The van der Waals surface area contributed by atoms with Crippen molar-refractivity contribution in [2.45, 2.75) is 6.42 Å². The fourth-order valence-electron chi connectivity index (χ4n) is 2.28. The molecular formula is C16H13N5OS2. The van der Waals surface area contributed by atoms with Crippen LogP contribution in [0.1, 0.15) is 16.2 Å². The minimum Gasteiger partial charge on any atom is -0.350 e. The summed E-state index contributed by atoms with van der Waals surface area (Å²) in [5, 5.41) is 7.82. The molecule has 0 fully saturated rings. The zero-order valence-corrected chi connectivity index (χ0v) is 14.2. The highest BCUT2D eigenvalue weighted by molar-refractivity contribution is 7.15. The Kier molecular flexibility index (Phi) is 4.06. The molecule has 4 aromatic rings. The Labute approximate surface area is 145 Å². The smallest absolute Gasteiger partial charge is 0.271 e. The number of nitrogens with one attached hydrogen (secondary N) is 1. The molecule has 0 bridgehead atoms. The van der Waals surface area contributed by atoms with Crippen LogP contribution in [0.15, 0.2) is 47.7 Å². The van der Waals surface area contributed by atoms with E-state index in [1.54, 1.807) is 29.9 Å². The van der Waals surface area contributed by atoms with Crippen molar-refractivity contribution in [3.63, 3.8) is 0 Å². The van der Waals surface area contributed by atoms with Gasteiger partial charge in [-0.1, -0.05) is 0 Å². The quantitative estimate of drug-likeness (QED) is 0.597. The van der Waals surface area contributed by atoms with E-state index in [-0.39, 0.29) is 5.91 Å². The van der Waals surface area contributed by atoms with Crippen LogP contribution in [0.3, 0.4) is 0 Å². The highest BCUT2D eigenvalue weighted by Gasteiger charge is 2.11. The molecule has 0 saturated heterocycles. The Morgan fingerprint density at radius 3 is 2.92 bits per heavy atom. The van der Waals surface area contributed by atoms with Crippen LogP contribution in [0.25, 0.3) is 15.5 Å². The fraction of sp³-hybridized carbons (Fsp3) is 0.125. The van der Waals surface area contributed by atoms with Crippen molar-refractivity contribution >= 4 is 33.5 Å². The second-order valence-electron chi connectivity index (χ2n) is 5.10. The normalized spacial score (nSPS) is 11.0. The zero-order valence-electron chi connectivity index (χ0n) is 12.5. The maximum atomic E-state index is 12.1. The first kappa shape index (κ1) is 15.0. The summed E-state index contributed by atoms with van der Waals surface area (Å²) >= 11 is 3.10. The summed E-state index contributed by atoms with van der Waals surface area (Å²) in [6, 6.07) is 3.88. The highest BCUT2D eigenvalue weighted by Crippen LogP contribution is 2.22. The zero-order chi connectivity index (χ0) is 16.4. The van der Waals surface area contributed by atoms with E-state index >= 15 is 0 Å². The van der Waals surface area contributed by atoms with Gasteiger partial charge in [0, 0.05) is 54.1 Å². The Bertz CT molecular complexity index is 944. The van der Waals surface area contributed by atoms with Crippen molar-refractivity contribution in [1.82, 2.24) is 24.7 Å². The number of nitrogens with zero attached hydrogens (tertiary/aromatic N) is 4. The molecule has 0 aliphatic carbocycles. The molecular weight excluding hydrogens is 342 g/mol. The molecule has 0 aliphatic heterocycles. The van der Waals surface area contributed by atoms with Crippen molar-refractivity contribution in [3.8, 4) is 10.6 Å². The maximum absolute atomic E-state index is 12.1. The van der Waals surface area contributed by atoms with Gasteiger partial charge >= 0.3 is 0 Å². The molecule has 0 radical (unpaired) electrons. The summed E-state index contributed by atoms with van der Waals surface area (Å²) in [6.07, 6.45) is 7.83. The predicted octanol–water partition coefficient (Wildman–Crippen LogP) is 2.89. The topological polar surface area (TPSA) is 72.2 Å². The van der Waals surface area contributed by atoms with Gasteiger partial charge < -0.3 is 5.32 Å². The second kappa shape index (κ2) is 6.50. The molecule has 4 heterocycles. The number of fused-ring (bicyclic) bond motifs is 1. The van der Waals surface area contributed by atoms with E-state index in [0.717, 1.165) is 21.2 Å². The summed E-state index contributed by atoms with van der Waals surface area (Å²) in [6.45, 7) is 0.531. The third-order valence-corrected chi connectivity index (χ3v) is 5.18. The number of amides is 1. The van der Waals surface area contributed by atoms with E-state index in [9.17, 15) is 4.79 Å². The van der Waals surface area contributed by atoms with Gasteiger partial charge in [0.2, 0.25) is 0 Å². The molecule has 1 N–H and O–H groups in total. The Morgan fingerprint density at radius 2 is 2.08 bits per heavy atom. The lowest BCUT2D eigenvalue weighted by molar-refractivity contribution is 0.0949. The number of pyridine rings is 1. The SMILES string of the molecule is O=C(NCCc1csc(-c2ccncc2)n1)c1cn2ccsc2n1. The molecule has 120 valence electrons. The largest absolute Gasteiger partial charge is 0.350 e. The number of aromatic nitrogens is 4. The lowest BCUT2D eigenvalue weighted by Gasteiger charge is -2.01. The summed E-state index contributed by atoms with van der Waals surface area (Å²) in [5.74, 6) is -0.157. The molecule has 0 unspecified atom stereocenters. The van der Waals surface area contributed by atoms with Crippen LogP contribution < -0.4 is 5.32 Å². The minimum absolute atomic E-state index is 0.157. The molecule has 0 aliphatic rings. The van der Waals surface area contributed by atoms with Gasteiger partial charge in [0.15, 0.2) is 4.96 Å². The third kappa shape index (κ3) is 3.06. The van der Waals surface area contributed by atoms with Gasteiger partial charge in [0.25, 0.3) is 5.91 Å². The molecule has 0 atom stereocenters. The molecule has 6 nitrogen and oxygen atoms in total. The Balaban J connectivity index is 1.35. The first-order valence-corrected chi connectivity index (χ1v) is 9.11. The number of imidazole rings is 1. The molecule has 4 rings (SSSR count).